The first-order valence-corrected chi connectivity index (χ1v) is 10.3. The lowest BCUT2D eigenvalue weighted by atomic mass is 10.1. The molecule has 0 aliphatic rings. The number of carbonyl (C=O) groups excluding carboxylic acids is 2. The van der Waals surface area contributed by atoms with E-state index in [1.54, 1.807) is 11.4 Å². The van der Waals surface area contributed by atoms with Crippen LogP contribution in [0.4, 0.5) is 0 Å². The number of aromatic nitrogens is 3. The summed E-state index contributed by atoms with van der Waals surface area (Å²) in [5.41, 5.74) is 11.5. The van der Waals surface area contributed by atoms with Crippen molar-refractivity contribution in [1.29, 1.82) is 0 Å². The van der Waals surface area contributed by atoms with Crippen molar-refractivity contribution in [3.8, 4) is 5.75 Å². The topological polar surface area (TPSA) is 97.6 Å². The van der Waals surface area contributed by atoms with Gasteiger partial charge in [0, 0.05) is 23.9 Å². The minimum absolute atomic E-state index is 0.210. The smallest absolute Gasteiger partial charge is 0.279 e. The van der Waals surface area contributed by atoms with Gasteiger partial charge in [0.15, 0.2) is 11.8 Å². The Bertz CT molecular complexity index is 1140. The highest BCUT2D eigenvalue weighted by Crippen LogP contribution is 2.21. The van der Waals surface area contributed by atoms with E-state index in [4.69, 9.17) is 4.74 Å². The molecule has 2 heterocycles. The zero-order chi connectivity index (χ0) is 22.7. The predicted molar refractivity (Wildman–Crippen MR) is 118 cm³/mol. The van der Waals surface area contributed by atoms with Gasteiger partial charge >= 0.3 is 0 Å². The maximum absolute atomic E-state index is 12.3. The van der Waals surface area contributed by atoms with Crippen LogP contribution in [0.1, 0.15) is 47.1 Å². The zero-order valence-electron chi connectivity index (χ0n) is 18.9. The standard InChI is InChI=1S/C23H29N5O3/c1-13-8-7-9-20(15(13)3)31-18(6)23(30)26-25-22(29)11-10-19-16(4)24-21-12-14(2)27-28(21)17(19)5/h7-9,12,18H,10-11H2,1-6H3,(H,25,29)(H,26,30). The molecule has 1 unspecified atom stereocenters. The minimum Gasteiger partial charge on any atom is -0.481 e. The molecule has 0 aliphatic carbocycles. The number of rotatable bonds is 6. The van der Waals surface area contributed by atoms with Crippen LogP contribution in [0.2, 0.25) is 0 Å². The molecule has 2 N–H and O–H groups in total. The third kappa shape index (κ3) is 5.02. The van der Waals surface area contributed by atoms with Gasteiger partial charge in [0.2, 0.25) is 5.91 Å². The van der Waals surface area contributed by atoms with Gasteiger partial charge in [-0.2, -0.15) is 5.10 Å². The second-order valence-corrected chi connectivity index (χ2v) is 7.81. The van der Waals surface area contributed by atoms with Crippen molar-refractivity contribution in [3.63, 3.8) is 0 Å². The third-order valence-electron chi connectivity index (χ3n) is 5.44. The van der Waals surface area contributed by atoms with Crippen molar-refractivity contribution in [2.75, 3.05) is 0 Å². The average Bonchev–Trinajstić information content (AvgIpc) is 3.09. The number of benzene rings is 1. The van der Waals surface area contributed by atoms with E-state index in [2.05, 4.69) is 20.9 Å². The van der Waals surface area contributed by atoms with Crippen molar-refractivity contribution >= 4 is 17.5 Å². The first-order valence-electron chi connectivity index (χ1n) is 10.3. The van der Waals surface area contributed by atoms with Gasteiger partial charge in [-0.3, -0.25) is 20.4 Å². The SMILES string of the molecule is Cc1cc2nc(C)c(CCC(=O)NNC(=O)C(C)Oc3cccc(C)c3C)c(C)n2n1. The Morgan fingerprint density at radius 1 is 1.13 bits per heavy atom. The first-order chi connectivity index (χ1) is 14.7. The number of nitrogens with one attached hydrogen (secondary N) is 2. The summed E-state index contributed by atoms with van der Waals surface area (Å²) in [6, 6.07) is 7.61. The van der Waals surface area contributed by atoms with Gasteiger partial charge < -0.3 is 4.74 Å². The van der Waals surface area contributed by atoms with E-state index in [9.17, 15) is 9.59 Å². The molecule has 164 valence electrons. The highest BCUT2D eigenvalue weighted by atomic mass is 16.5. The highest BCUT2D eigenvalue weighted by molar-refractivity contribution is 5.84. The Morgan fingerprint density at radius 3 is 2.61 bits per heavy atom. The lowest BCUT2D eigenvalue weighted by Crippen LogP contribution is -2.47. The highest BCUT2D eigenvalue weighted by Gasteiger charge is 2.17. The molecule has 8 nitrogen and oxygen atoms in total. The number of carbonyl (C=O) groups is 2. The molecule has 0 saturated carbocycles. The Balaban J connectivity index is 1.54. The summed E-state index contributed by atoms with van der Waals surface area (Å²) in [4.78, 5) is 29.2. The van der Waals surface area contributed by atoms with Crippen molar-refractivity contribution in [2.24, 2.45) is 0 Å². The van der Waals surface area contributed by atoms with Crippen LogP contribution < -0.4 is 15.6 Å². The van der Waals surface area contributed by atoms with Crippen molar-refractivity contribution < 1.29 is 14.3 Å². The Hall–Kier alpha value is -3.42. The summed E-state index contributed by atoms with van der Waals surface area (Å²) in [7, 11) is 0. The van der Waals surface area contributed by atoms with Crippen LogP contribution in [0.3, 0.4) is 0 Å². The summed E-state index contributed by atoms with van der Waals surface area (Å²) in [5, 5.41) is 4.45. The fourth-order valence-electron chi connectivity index (χ4n) is 3.43. The second-order valence-electron chi connectivity index (χ2n) is 7.81. The van der Waals surface area contributed by atoms with Gasteiger partial charge in [-0.1, -0.05) is 12.1 Å². The molecular formula is C23H29N5O3. The van der Waals surface area contributed by atoms with Gasteiger partial charge in [-0.15, -0.1) is 0 Å². The van der Waals surface area contributed by atoms with Gasteiger partial charge in [0.25, 0.3) is 5.91 Å². The molecule has 0 spiro atoms. The van der Waals surface area contributed by atoms with Gasteiger partial charge in [-0.05, 0) is 70.7 Å². The van der Waals surface area contributed by atoms with Crippen molar-refractivity contribution in [3.05, 3.63) is 58.0 Å². The molecule has 3 aromatic rings. The monoisotopic (exact) mass is 423 g/mol. The van der Waals surface area contributed by atoms with Crippen LogP contribution in [-0.2, 0) is 16.0 Å². The molecule has 0 fully saturated rings. The van der Waals surface area contributed by atoms with Crippen LogP contribution in [0.25, 0.3) is 5.65 Å². The van der Waals surface area contributed by atoms with Crippen LogP contribution in [-0.4, -0.2) is 32.5 Å². The van der Waals surface area contributed by atoms with E-state index in [-0.39, 0.29) is 12.3 Å². The molecule has 1 aromatic carbocycles. The van der Waals surface area contributed by atoms with E-state index >= 15 is 0 Å². The number of ether oxygens (including phenoxy) is 1. The van der Waals surface area contributed by atoms with E-state index in [1.165, 1.54) is 0 Å². The van der Waals surface area contributed by atoms with Crippen LogP contribution >= 0.6 is 0 Å². The summed E-state index contributed by atoms with van der Waals surface area (Å²) in [5.74, 6) is -0.0591. The molecule has 3 rings (SSSR count). The molecular weight excluding hydrogens is 394 g/mol. The number of hydrogen-bond acceptors (Lipinski definition) is 5. The molecule has 2 amide bonds. The summed E-state index contributed by atoms with van der Waals surface area (Å²) < 4.78 is 7.54. The van der Waals surface area contributed by atoms with Crippen LogP contribution in [0.5, 0.6) is 5.75 Å². The number of hydrazine groups is 1. The molecule has 0 aliphatic heterocycles. The fraction of sp³-hybridized carbons (Fsp3) is 0.391. The van der Waals surface area contributed by atoms with E-state index in [1.807, 2.05) is 58.9 Å². The average molecular weight is 424 g/mol. The minimum atomic E-state index is -0.750. The second kappa shape index (κ2) is 9.16. The lowest BCUT2D eigenvalue weighted by Gasteiger charge is -2.17. The van der Waals surface area contributed by atoms with Gasteiger partial charge in [0.05, 0.1) is 5.69 Å². The molecule has 0 saturated heterocycles. The summed E-state index contributed by atoms with van der Waals surface area (Å²) >= 11 is 0. The maximum Gasteiger partial charge on any atom is 0.279 e. The summed E-state index contributed by atoms with van der Waals surface area (Å²) in [6.45, 7) is 11.4. The largest absolute Gasteiger partial charge is 0.481 e. The fourth-order valence-corrected chi connectivity index (χ4v) is 3.43. The molecule has 1 atom stereocenters. The van der Waals surface area contributed by atoms with Gasteiger partial charge in [-0.25, -0.2) is 9.50 Å². The van der Waals surface area contributed by atoms with E-state index < -0.39 is 12.0 Å². The number of amides is 2. The zero-order valence-corrected chi connectivity index (χ0v) is 18.9. The lowest BCUT2D eigenvalue weighted by molar-refractivity contribution is -0.132. The maximum atomic E-state index is 12.3. The predicted octanol–water partition coefficient (Wildman–Crippen LogP) is 2.82. The van der Waals surface area contributed by atoms with E-state index in [0.717, 1.165) is 39.4 Å². The Kier molecular flexibility index (Phi) is 6.58. The molecule has 31 heavy (non-hydrogen) atoms. The first kappa shape index (κ1) is 22.3. The Labute approximate surface area is 182 Å². The molecule has 8 heteroatoms. The summed E-state index contributed by atoms with van der Waals surface area (Å²) in [6.07, 6.45) is -0.0443. The van der Waals surface area contributed by atoms with Crippen molar-refractivity contribution in [1.82, 2.24) is 25.4 Å². The van der Waals surface area contributed by atoms with Gasteiger partial charge in [0.1, 0.15) is 5.75 Å². The quantitative estimate of drug-likeness (QED) is 0.594. The van der Waals surface area contributed by atoms with Crippen molar-refractivity contribution in [2.45, 2.75) is 60.5 Å². The normalized spacial score (nSPS) is 11.9. The molecule has 0 radical (unpaired) electrons. The third-order valence-corrected chi connectivity index (χ3v) is 5.44. The molecule has 0 bridgehead atoms. The van der Waals surface area contributed by atoms with Crippen LogP contribution in [0, 0.1) is 34.6 Å². The van der Waals surface area contributed by atoms with Crippen LogP contribution in [0.15, 0.2) is 24.3 Å². The molecule has 2 aromatic heterocycles. The number of aryl methyl sites for hydroxylation is 4. The number of nitrogens with zero attached hydrogens (tertiary/aromatic N) is 3. The Morgan fingerprint density at radius 2 is 1.87 bits per heavy atom. The number of hydrogen-bond donors (Lipinski definition) is 2. The van der Waals surface area contributed by atoms with E-state index in [0.29, 0.717) is 12.2 Å². The number of fused-ring (bicyclic) bond motifs is 1.